The van der Waals surface area contributed by atoms with E-state index in [1.807, 2.05) is 51.1 Å². The maximum absolute atomic E-state index is 13.5. The third-order valence-corrected chi connectivity index (χ3v) is 6.20. The Morgan fingerprint density at radius 1 is 0.946 bits per heavy atom. The lowest BCUT2D eigenvalue weighted by atomic mass is 9.94. The van der Waals surface area contributed by atoms with Gasteiger partial charge < -0.3 is 14.6 Å². The first-order chi connectivity index (χ1) is 17.8. The summed E-state index contributed by atoms with van der Waals surface area (Å²) in [6, 6.07) is 21.0. The second-order valence-electron chi connectivity index (χ2n) is 9.30. The summed E-state index contributed by atoms with van der Waals surface area (Å²) in [5.41, 5.74) is 2.83. The predicted molar refractivity (Wildman–Crippen MR) is 145 cm³/mol. The molecular weight excluding hydrogens is 466 g/mol. The number of benzene rings is 3. The van der Waals surface area contributed by atoms with E-state index in [2.05, 4.69) is 6.92 Å². The van der Waals surface area contributed by atoms with Gasteiger partial charge in [-0.3, -0.25) is 14.5 Å². The molecule has 6 nitrogen and oxygen atoms in total. The molecule has 1 amide bonds. The van der Waals surface area contributed by atoms with Crippen LogP contribution in [0.4, 0.5) is 5.69 Å². The van der Waals surface area contributed by atoms with Crippen LogP contribution >= 0.6 is 0 Å². The Labute approximate surface area is 218 Å². The van der Waals surface area contributed by atoms with Crippen LogP contribution in [0.1, 0.15) is 56.8 Å². The maximum atomic E-state index is 13.5. The standard InChI is InChI=1S/C31H33NO5/c1-5-17-36-25-11-8-10-24(19-25)32-28(22-15-13-21(6-2)14-16-22)27(30(34)31(32)35)29(33)23-9-7-12-26(18-23)37-20(3)4/h7-16,18-20,28,33H,5-6,17H2,1-4H3/b29-27+. The quantitative estimate of drug-likeness (QED) is 0.208. The second kappa shape index (κ2) is 11.3. The molecule has 37 heavy (non-hydrogen) atoms. The molecule has 1 aliphatic heterocycles. The van der Waals surface area contributed by atoms with Crippen LogP contribution in [0.15, 0.2) is 78.4 Å². The van der Waals surface area contributed by atoms with E-state index >= 15 is 0 Å². The second-order valence-corrected chi connectivity index (χ2v) is 9.30. The third-order valence-electron chi connectivity index (χ3n) is 6.20. The number of ketones is 1. The molecule has 3 aromatic rings. The summed E-state index contributed by atoms with van der Waals surface area (Å²) >= 11 is 0. The summed E-state index contributed by atoms with van der Waals surface area (Å²) in [5.74, 6) is -0.499. The summed E-state index contributed by atoms with van der Waals surface area (Å²) in [6.45, 7) is 8.45. The number of rotatable bonds is 9. The summed E-state index contributed by atoms with van der Waals surface area (Å²) in [6.07, 6.45) is 1.65. The van der Waals surface area contributed by atoms with Gasteiger partial charge in [-0.05, 0) is 62.1 Å². The highest BCUT2D eigenvalue weighted by Gasteiger charge is 2.47. The maximum Gasteiger partial charge on any atom is 0.300 e. The van der Waals surface area contributed by atoms with Crippen molar-refractivity contribution in [2.24, 2.45) is 0 Å². The Balaban J connectivity index is 1.87. The van der Waals surface area contributed by atoms with Crippen molar-refractivity contribution in [3.05, 3.63) is 95.1 Å². The summed E-state index contributed by atoms with van der Waals surface area (Å²) < 4.78 is 11.6. The molecule has 1 unspecified atom stereocenters. The molecule has 1 atom stereocenters. The number of hydrogen-bond acceptors (Lipinski definition) is 5. The lowest BCUT2D eigenvalue weighted by molar-refractivity contribution is -0.132. The Bertz CT molecular complexity index is 1310. The van der Waals surface area contributed by atoms with E-state index in [4.69, 9.17) is 9.47 Å². The predicted octanol–water partition coefficient (Wildman–Crippen LogP) is 6.45. The zero-order valence-corrected chi connectivity index (χ0v) is 21.7. The molecule has 0 radical (unpaired) electrons. The van der Waals surface area contributed by atoms with Crippen molar-refractivity contribution in [2.75, 3.05) is 11.5 Å². The molecule has 3 aromatic carbocycles. The summed E-state index contributed by atoms with van der Waals surface area (Å²) in [4.78, 5) is 28.4. The molecule has 0 aromatic heterocycles. The van der Waals surface area contributed by atoms with E-state index < -0.39 is 17.7 Å². The van der Waals surface area contributed by atoms with E-state index in [-0.39, 0.29) is 17.4 Å². The fourth-order valence-corrected chi connectivity index (χ4v) is 4.44. The molecule has 6 heteroatoms. The van der Waals surface area contributed by atoms with Gasteiger partial charge in [0.05, 0.1) is 24.3 Å². The highest BCUT2D eigenvalue weighted by molar-refractivity contribution is 6.51. The highest BCUT2D eigenvalue weighted by atomic mass is 16.5. The lowest BCUT2D eigenvalue weighted by Crippen LogP contribution is -2.29. The number of hydrogen-bond donors (Lipinski definition) is 1. The molecule has 0 saturated carbocycles. The van der Waals surface area contributed by atoms with Gasteiger partial charge in [0.25, 0.3) is 11.7 Å². The first-order valence-corrected chi connectivity index (χ1v) is 12.7. The van der Waals surface area contributed by atoms with Gasteiger partial charge in [0.15, 0.2) is 0 Å². The average molecular weight is 500 g/mol. The van der Waals surface area contributed by atoms with Gasteiger partial charge in [-0.15, -0.1) is 0 Å². The van der Waals surface area contributed by atoms with Crippen molar-refractivity contribution < 1.29 is 24.2 Å². The minimum Gasteiger partial charge on any atom is -0.507 e. The molecule has 1 saturated heterocycles. The lowest BCUT2D eigenvalue weighted by Gasteiger charge is -2.26. The molecule has 192 valence electrons. The first-order valence-electron chi connectivity index (χ1n) is 12.7. The van der Waals surface area contributed by atoms with Crippen LogP contribution in [0.5, 0.6) is 11.5 Å². The van der Waals surface area contributed by atoms with Crippen LogP contribution in [0.2, 0.25) is 0 Å². The normalized spacial score (nSPS) is 16.9. The fourth-order valence-electron chi connectivity index (χ4n) is 4.44. The Hall–Kier alpha value is -4.06. The van der Waals surface area contributed by atoms with Crippen LogP contribution in [0.3, 0.4) is 0 Å². The zero-order valence-electron chi connectivity index (χ0n) is 21.7. The Morgan fingerprint density at radius 3 is 2.32 bits per heavy atom. The molecule has 1 heterocycles. The van der Waals surface area contributed by atoms with Crippen LogP contribution in [-0.2, 0) is 16.0 Å². The summed E-state index contributed by atoms with van der Waals surface area (Å²) in [5, 5.41) is 11.4. The van der Waals surface area contributed by atoms with Crippen LogP contribution in [-0.4, -0.2) is 29.5 Å². The van der Waals surface area contributed by atoms with Crippen molar-refractivity contribution in [3.8, 4) is 11.5 Å². The van der Waals surface area contributed by atoms with E-state index in [0.29, 0.717) is 29.4 Å². The number of Topliss-reactive ketones (excluding diaryl/α,β-unsaturated/α-hetero) is 1. The van der Waals surface area contributed by atoms with Crippen molar-refractivity contribution in [1.29, 1.82) is 0 Å². The number of aryl methyl sites for hydroxylation is 1. The van der Waals surface area contributed by atoms with Gasteiger partial charge >= 0.3 is 0 Å². The smallest absolute Gasteiger partial charge is 0.300 e. The highest BCUT2D eigenvalue weighted by Crippen LogP contribution is 2.43. The SMILES string of the molecule is CCCOc1cccc(N2C(=O)C(=O)/C(=C(/O)c3cccc(OC(C)C)c3)C2c2ccc(CC)cc2)c1. The van der Waals surface area contributed by atoms with Crippen LogP contribution in [0.25, 0.3) is 5.76 Å². The largest absolute Gasteiger partial charge is 0.507 e. The van der Waals surface area contributed by atoms with E-state index in [1.165, 1.54) is 4.90 Å². The number of anilines is 1. The van der Waals surface area contributed by atoms with E-state index in [0.717, 1.165) is 24.0 Å². The van der Waals surface area contributed by atoms with Gasteiger partial charge in [-0.25, -0.2) is 0 Å². The minimum atomic E-state index is -0.804. The van der Waals surface area contributed by atoms with Gasteiger partial charge in [0.1, 0.15) is 17.3 Å². The Kier molecular flexibility index (Phi) is 7.97. The van der Waals surface area contributed by atoms with Gasteiger partial charge in [0.2, 0.25) is 0 Å². The van der Waals surface area contributed by atoms with Crippen LogP contribution in [0, 0.1) is 0 Å². The molecule has 0 bridgehead atoms. The topological polar surface area (TPSA) is 76.1 Å². The number of aliphatic hydroxyl groups excluding tert-OH is 1. The van der Waals surface area contributed by atoms with Crippen molar-refractivity contribution in [3.63, 3.8) is 0 Å². The number of aliphatic hydroxyl groups is 1. The molecule has 0 spiro atoms. The number of nitrogens with zero attached hydrogens (tertiary/aromatic N) is 1. The van der Waals surface area contributed by atoms with Gasteiger partial charge in [-0.1, -0.05) is 56.3 Å². The molecule has 4 rings (SSSR count). The number of ether oxygens (including phenoxy) is 2. The zero-order chi connectivity index (χ0) is 26.5. The van der Waals surface area contributed by atoms with E-state index in [9.17, 15) is 14.7 Å². The summed E-state index contributed by atoms with van der Waals surface area (Å²) in [7, 11) is 0. The molecular formula is C31H33NO5. The van der Waals surface area contributed by atoms with Crippen molar-refractivity contribution in [1.82, 2.24) is 0 Å². The Morgan fingerprint density at radius 2 is 1.65 bits per heavy atom. The average Bonchev–Trinajstić information content (AvgIpc) is 3.17. The monoisotopic (exact) mass is 499 g/mol. The number of carbonyl (C=O) groups excluding carboxylic acids is 2. The minimum absolute atomic E-state index is 0.0378. The van der Waals surface area contributed by atoms with Crippen molar-refractivity contribution >= 4 is 23.1 Å². The van der Waals surface area contributed by atoms with Gasteiger partial charge in [0, 0.05) is 17.3 Å². The molecule has 1 fully saturated rings. The molecule has 0 aliphatic carbocycles. The van der Waals surface area contributed by atoms with Crippen LogP contribution < -0.4 is 14.4 Å². The van der Waals surface area contributed by atoms with Gasteiger partial charge in [-0.2, -0.15) is 0 Å². The van der Waals surface area contributed by atoms with E-state index in [1.54, 1.807) is 42.5 Å². The number of amides is 1. The fraction of sp³-hybridized carbons (Fsp3) is 0.290. The first kappa shape index (κ1) is 26.0. The molecule has 1 aliphatic rings. The molecule has 1 N–H and O–H groups in total. The van der Waals surface area contributed by atoms with Crippen molar-refractivity contribution in [2.45, 2.75) is 52.7 Å². The third kappa shape index (κ3) is 5.53. The number of carbonyl (C=O) groups is 2.